The summed E-state index contributed by atoms with van der Waals surface area (Å²) in [4.78, 5) is 0. The molecule has 0 aliphatic rings. The zero-order valence-corrected chi connectivity index (χ0v) is 9.73. The highest BCUT2D eigenvalue weighted by molar-refractivity contribution is 5.87. The van der Waals surface area contributed by atoms with Crippen LogP contribution in [0.5, 0.6) is 5.75 Å². The molecular weight excluding hydrogens is 198 g/mol. The molecule has 2 aromatic rings. The first-order valence-electron chi connectivity index (χ1n) is 5.53. The molecule has 84 valence electrons. The molecule has 0 saturated heterocycles. The van der Waals surface area contributed by atoms with E-state index in [9.17, 15) is 0 Å². The molecular formula is C14H17NO. The zero-order valence-electron chi connectivity index (χ0n) is 9.73. The number of fused-ring (bicyclic) bond motifs is 1. The van der Waals surface area contributed by atoms with Gasteiger partial charge in [0, 0.05) is 0 Å². The predicted octanol–water partition coefficient (Wildman–Crippen LogP) is 2.91. The van der Waals surface area contributed by atoms with Gasteiger partial charge >= 0.3 is 0 Å². The summed E-state index contributed by atoms with van der Waals surface area (Å²) in [5.74, 6) is 1.26. The smallest absolute Gasteiger partial charge is 0.119 e. The van der Waals surface area contributed by atoms with Crippen molar-refractivity contribution < 1.29 is 4.74 Å². The van der Waals surface area contributed by atoms with Crippen LogP contribution in [0.3, 0.4) is 0 Å². The van der Waals surface area contributed by atoms with E-state index in [0.29, 0.717) is 12.5 Å². The third kappa shape index (κ3) is 1.89. The van der Waals surface area contributed by atoms with Gasteiger partial charge in [-0.2, -0.15) is 0 Å². The molecule has 0 spiro atoms. The molecule has 0 heterocycles. The summed E-state index contributed by atoms with van der Waals surface area (Å²) in [6.07, 6.45) is 0. The maximum absolute atomic E-state index is 5.73. The van der Waals surface area contributed by atoms with Gasteiger partial charge in [0.2, 0.25) is 0 Å². The van der Waals surface area contributed by atoms with E-state index in [2.05, 4.69) is 37.3 Å². The van der Waals surface area contributed by atoms with Crippen LogP contribution in [0.4, 0.5) is 0 Å². The van der Waals surface area contributed by atoms with Gasteiger partial charge in [-0.25, -0.2) is 0 Å². The van der Waals surface area contributed by atoms with Crippen LogP contribution in [-0.4, -0.2) is 13.7 Å². The average Bonchev–Trinajstić information content (AvgIpc) is 2.36. The topological polar surface area (TPSA) is 35.2 Å². The Kier molecular flexibility index (Phi) is 3.11. The maximum atomic E-state index is 5.73. The first-order valence-corrected chi connectivity index (χ1v) is 5.53. The predicted molar refractivity (Wildman–Crippen MR) is 68.0 cm³/mol. The van der Waals surface area contributed by atoms with Crippen molar-refractivity contribution in [2.45, 2.75) is 12.8 Å². The molecule has 2 heteroatoms. The monoisotopic (exact) mass is 215 g/mol. The Hall–Kier alpha value is -1.54. The molecule has 2 nitrogen and oxygen atoms in total. The molecule has 0 fully saturated rings. The van der Waals surface area contributed by atoms with E-state index >= 15 is 0 Å². The second-order valence-electron chi connectivity index (χ2n) is 4.07. The van der Waals surface area contributed by atoms with Gasteiger partial charge < -0.3 is 10.5 Å². The Labute approximate surface area is 96.0 Å². The van der Waals surface area contributed by atoms with Gasteiger partial charge in [0.15, 0.2) is 0 Å². The second kappa shape index (κ2) is 4.54. The van der Waals surface area contributed by atoms with Crippen molar-refractivity contribution in [3.8, 4) is 5.75 Å². The van der Waals surface area contributed by atoms with E-state index in [1.807, 2.05) is 6.07 Å². The fourth-order valence-corrected chi connectivity index (χ4v) is 1.96. The third-order valence-electron chi connectivity index (χ3n) is 3.01. The highest BCUT2D eigenvalue weighted by Gasteiger charge is 2.08. The molecule has 0 aliphatic carbocycles. The average molecular weight is 215 g/mol. The normalized spacial score (nSPS) is 12.7. The highest BCUT2D eigenvalue weighted by Crippen LogP contribution is 2.28. The summed E-state index contributed by atoms with van der Waals surface area (Å²) >= 11 is 0. The Morgan fingerprint density at radius 2 is 2.06 bits per heavy atom. The lowest BCUT2D eigenvalue weighted by molar-refractivity contribution is 0.415. The van der Waals surface area contributed by atoms with E-state index in [0.717, 1.165) is 5.75 Å². The van der Waals surface area contributed by atoms with Gasteiger partial charge in [-0.1, -0.05) is 31.2 Å². The van der Waals surface area contributed by atoms with Crippen molar-refractivity contribution in [2.75, 3.05) is 13.7 Å². The van der Waals surface area contributed by atoms with Gasteiger partial charge in [0.05, 0.1) is 7.11 Å². The molecule has 2 N–H and O–H groups in total. The summed E-state index contributed by atoms with van der Waals surface area (Å²) in [5, 5.41) is 2.47. The van der Waals surface area contributed by atoms with Gasteiger partial charge in [0.25, 0.3) is 0 Å². The molecule has 0 saturated carbocycles. The molecule has 1 unspecified atom stereocenters. The quantitative estimate of drug-likeness (QED) is 0.854. The van der Waals surface area contributed by atoms with Crippen molar-refractivity contribution in [3.05, 3.63) is 42.0 Å². The van der Waals surface area contributed by atoms with E-state index in [1.54, 1.807) is 7.11 Å². The summed E-state index contributed by atoms with van der Waals surface area (Å²) in [7, 11) is 1.69. The first-order chi connectivity index (χ1) is 7.76. The lowest BCUT2D eigenvalue weighted by Crippen LogP contribution is -2.09. The van der Waals surface area contributed by atoms with Crippen molar-refractivity contribution in [3.63, 3.8) is 0 Å². The van der Waals surface area contributed by atoms with Crippen molar-refractivity contribution in [1.82, 2.24) is 0 Å². The highest BCUT2D eigenvalue weighted by atomic mass is 16.5. The fraction of sp³-hybridized carbons (Fsp3) is 0.286. The number of methoxy groups -OCH3 is 1. The van der Waals surface area contributed by atoms with Crippen molar-refractivity contribution >= 4 is 10.8 Å². The molecule has 2 rings (SSSR count). The number of ether oxygens (including phenoxy) is 1. The van der Waals surface area contributed by atoms with Gasteiger partial charge in [-0.15, -0.1) is 0 Å². The first kappa shape index (κ1) is 11.0. The number of benzene rings is 2. The van der Waals surface area contributed by atoms with E-state index in [-0.39, 0.29) is 0 Å². The van der Waals surface area contributed by atoms with Crippen LogP contribution in [-0.2, 0) is 0 Å². The van der Waals surface area contributed by atoms with Crippen LogP contribution in [0.2, 0.25) is 0 Å². The maximum Gasteiger partial charge on any atom is 0.119 e. The van der Waals surface area contributed by atoms with Crippen LogP contribution in [0.25, 0.3) is 10.8 Å². The van der Waals surface area contributed by atoms with Crippen molar-refractivity contribution in [1.29, 1.82) is 0 Å². The minimum absolute atomic E-state index is 0.371. The minimum atomic E-state index is 0.371. The zero-order chi connectivity index (χ0) is 11.5. The third-order valence-corrected chi connectivity index (χ3v) is 3.01. The Balaban J connectivity index is 2.64. The second-order valence-corrected chi connectivity index (χ2v) is 4.07. The van der Waals surface area contributed by atoms with Crippen molar-refractivity contribution in [2.24, 2.45) is 5.73 Å². The van der Waals surface area contributed by atoms with Crippen LogP contribution < -0.4 is 10.5 Å². The fourth-order valence-electron chi connectivity index (χ4n) is 1.96. The summed E-state index contributed by atoms with van der Waals surface area (Å²) in [5.41, 5.74) is 7.03. The van der Waals surface area contributed by atoms with Gasteiger partial charge in [-0.05, 0) is 40.9 Å². The number of rotatable bonds is 3. The summed E-state index contributed by atoms with van der Waals surface area (Å²) in [6, 6.07) is 12.5. The Morgan fingerprint density at radius 1 is 1.25 bits per heavy atom. The largest absolute Gasteiger partial charge is 0.497 e. The molecule has 1 atom stereocenters. The molecule has 0 bridgehead atoms. The molecule has 0 radical (unpaired) electrons. The minimum Gasteiger partial charge on any atom is -0.497 e. The molecule has 16 heavy (non-hydrogen) atoms. The van der Waals surface area contributed by atoms with E-state index in [1.165, 1.54) is 16.3 Å². The lowest BCUT2D eigenvalue weighted by Gasteiger charge is -2.13. The molecule has 0 amide bonds. The number of hydrogen-bond acceptors (Lipinski definition) is 2. The summed E-state index contributed by atoms with van der Waals surface area (Å²) in [6.45, 7) is 2.81. The lowest BCUT2D eigenvalue weighted by atomic mass is 9.95. The molecule has 2 aromatic carbocycles. The number of hydrogen-bond donors (Lipinski definition) is 1. The van der Waals surface area contributed by atoms with E-state index < -0.39 is 0 Å². The van der Waals surface area contributed by atoms with Crippen LogP contribution in [0.15, 0.2) is 36.4 Å². The Morgan fingerprint density at radius 3 is 2.75 bits per heavy atom. The van der Waals surface area contributed by atoms with Crippen LogP contribution in [0, 0.1) is 0 Å². The van der Waals surface area contributed by atoms with E-state index in [4.69, 9.17) is 10.5 Å². The van der Waals surface area contributed by atoms with Gasteiger partial charge in [-0.3, -0.25) is 0 Å². The summed E-state index contributed by atoms with van der Waals surface area (Å²) < 4.78 is 5.26. The van der Waals surface area contributed by atoms with Gasteiger partial charge in [0.1, 0.15) is 5.75 Å². The SMILES string of the molecule is COc1ccc2cccc(C(C)CN)c2c1. The van der Waals surface area contributed by atoms with Crippen LogP contribution >= 0.6 is 0 Å². The Bertz CT molecular complexity index is 493. The number of nitrogens with two attached hydrogens (primary N) is 1. The van der Waals surface area contributed by atoms with Crippen LogP contribution in [0.1, 0.15) is 18.4 Å². The molecule has 0 aromatic heterocycles. The molecule has 0 aliphatic heterocycles. The standard InChI is InChI=1S/C14H17NO/c1-10(9-15)13-5-3-4-11-6-7-12(16-2)8-14(11)13/h3-8,10H,9,15H2,1-2H3.